The summed E-state index contributed by atoms with van der Waals surface area (Å²) in [7, 11) is 2.30. The Morgan fingerprint density at radius 3 is 2.52 bits per heavy atom. The Hall–Kier alpha value is -1.80. The van der Waals surface area contributed by atoms with Gasteiger partial charge < -0.3 is 4.74 Å². The molecule has 0 saturated heterocycles. The molecule has 2 fully saturated rings. The van der Waals surface area contributed by atoms with Gasteiger partial charge >= 0.3 is 0 Å². The quantitative estimate of drug-likeness (QED) is 0.587. The van der Waals surface area contributed by atoms with Crippen LogP contribution in [-0.2, 0) is 12.0 Å². The van der Waals surface area contributed by atoms with Crippen LogP contribution < -0.4 is 9.22 Å². The Kier molecular flexibility index (Phi) is 4.09. The number of aryl methyl sites for hydroxylation is 1. The van der Waals surface area contributed by atoms with Gasteiger partial charge in [0.15, 0.2) is 0 Å². The fourth-order valence-corrected chi connectivity index (χ4v) is 6.18. The molecule has 2 aliphatic carbocycles. The summed E-state index contributed by atoms with van der Waals surface area (Å²) in [6.07, 6.45) is 9.77. The van der Waals surface area contributed by atoms with Crippen LogP contribution in [-0.4, -0.2) is 13.8 Å². The van der Waals surface area contributed by atoms with Crippen molar-refractivity contribution in [2.24, 2.45) is 5.92 Å². The third-order valence-corrected chi connectivity index (χ3v) is 7.49. The van der Waals surface area contributed by atoms with Crippen LogP contribution in [0.3, 0.4) is 0 Å². The first kappa shape index (κ1) is 17.3. The Morgan fingerprint density at radius 1 is 1.04 bits per heavy atom. The lowest BCUT2D eigenvalue weighted by atomic mass is 9.58. The molecule has 1 atom stereocenters. The zero-order valence-electron chi connectivity index (χ0n) is 16.8. The number of rotatable bonds is 2. The maximum Gasteiger partial charge on any atom is 0.228 e. The first-order valence-corrected chi connectivity index (χ1v) is 10.8. The molecule has 0 N–H and O–H groups in total. The van der Waals surface area contributed by atoms with E-state index in [1.807, 2.05) is 0 Å². The summed E-state index contributed by atoms with van der Waals surface area (Å²) in [5.41, 5.74) is 6.06. The number of hydrogen-bond donors (Lipinski definition) is 0. The van der Waals surface area contributed by atoms with E-state index < -0.39 is 0 Å². The van der Waals surface area contributed by atoms with E-state index in [1.165, 1.54) is 67.5 Å². The fraction of sp³-hybridized carbons (Fsp3) is 0.520. The normalized spacial score (nSPS) is 32.4. The predicted molar refractivity (Wildman–Crippen MR) is 112 cm³/mol. The second kappa shape index (κ2) is 6.38. The van der Waals surface area contributed by atoms with Crippen LogP contribution in [0.5, 0.6) is 5.75 Å². The van der Waals surface area contributed by atoms with Crippen molar-refractivity contribution < 1.29 is 4.74 Å². The molecule has 2 aromatic carbocycles. The molecule has 2 nitrogen and oxygen atoms in total. The smallest absolute Gasteiger partial charge is 0.228 e. The van der Waals surface area contributed by atoms with E-state index in [2.05, 4.69) is 56.4 Å². The second-order valence-electron chi connectivity index (χ2n) is 9.60. The number of ether oxygens (including phenoxy) is 1. The minimum Gasteiger partial charge on any atom is -0.444 e. The molecule has 2 saturated carbocycles. The molecule has 1 unspecified atom stereocenters. The summed E-state index contributed by atoms with van der Waals surface area (Å²) in [6.45, 7) is 4.02. The van der Waals surface area contributed by atoms with Gasteiger partial charge in [-0.05, 0) is 55.7 Å². The summed E-state index contributed by atoms with van der Waals surface area (Å²) in [5.74, 6) is 2.17. The lowest BCUT2D eigenvalue weighted by Crippen LogP contribution is -2.50. The maximum atomic E-state index is 6.59. The lowest BCUT2D eigenvalue weighted by molar-refractivity contribution is 0.109. The molecule has 27 heavy (non-hydrogen) atoms. The van der Waals surface area contributed by atoms with Crippen molar-refractivity contribution in [3.05, 3.63) is 59.2 Å². The van der Waals surface area contributed by atoms with E-state index >= 15 is 0 Å². The third-order valence-electron chi connectivity index (χ3n) is 7.49. The molecule has 3 aliphatic rings. The van der Waals surface area contributed by atoms with Gasteiger partial charge in [0.1, 0.15) is 18.0 Å². The first-order chi connectivity index (χ1) is 13.1. The monoisotopic (exact) mass is 362 g/mol. The molecule has 2 bridgehead atoms. The molecule has 0 aromatic heterocycles. The highest BCUT2D eigenvalue weighted by Gasteiger charge is 2.44. The average molecular weight is 363 g/mol. The SMILES string of the molecule is Cc1cc2c(c(C34CCCC(CCC3)C4)c1)OC[N+](C)(c1ccccc1)C2. The van der Waals surface area contributed by atoms with E-state index in [0.717, 1.165) is 23.7 Å². The second-order valence-corrected chi connectivity index (χ2v) is 9.60. The van der Waals surface area contributed by atoms with Gasteiger partial charge in [0.25, 0.3) is 0 Å². The summed E-state index contributed by atoms with van der Waals surface area (Å²) >= 11 is 0. The number of hydrogen-bond acceptors (Lipinski definition) is 1. The molecule has 0 spiro atoms. The van der Waals surface area contributed by atoms with Crippen molar-refractivity contribution in [3.63, 3.8) is 0 Å². The van der Waals surface area contributed by atoms with Crippen LogP contribution in [0.1, 0.15) is 61.6 Å². The molecule has 0 amide bonds. The molecule has 5 rings (SSSR count). The van der Waals surface area contributed by atoms with Gasteiger partial charge in [-0.1, -0.05) is 55.5 Å². The van der Waals surface area contributed by atoms with Crippen LogP contribution >= 0.6 is 0 Å². The fourth-order valence-electron chi connectivity index (χ4n) is 6.18. The van der Waals surface area contributed by atoms with Gasteiger partial charge in [0.2, 0.25) is 6.73 Å². The largest absolute Gasteiger partial charge is 0.444 e. The molecule has 1 aliphatic heterocycles. The zero-order chi connectivity index (χ0) is 18.5. The van der Waals surface area contributed by atoms with E-state index in [0.29, 0.717) is 5.41 Å². The average Bonchev–Trinajstić information content (AvgIpc) is 2.68. The van der Waals surface area contributed by atoms with Crippen molar-refractivity contribution in [3.8, 4) is 5.75 Å². The summed E-state index contributed by atoms with van der Waals surface area (Å²) in [6, 6.07) is 15.7. The number of fused-ring (bicyclic) bond motifs is 3. The number of para-hydroxylation sites is 1. The number of nitrogens with zero attached hydrogens (tertiary/aromatic N) is 1. The molecular weight excluding hydrogens is 330 g/mol. The highest BCUT2D eigenvalue weighted by Crippen LogP contribution is 2.54. The highest BCUT2D eigenvalue weighted by atomic mass is 16.5. The molecule has 0 radical (unpaired) electrons. The minimum absolute atomic E-state index is 0.380. The Balaban J connectivity index is 1.56. The predicted octanol–water partition coefficient (Wildman–Crippen LogP) is 6.09. The first-order valence-electron chi connectivity index (χ1n) is 10.8. The van der Waals surface area contributed by atoms with Gasteiger partial charge in [0.05, 0.1) is 7.05 Å². The standard InChI is InChI=1S/C25H32NO/c1-19-14-21-17-26(2,22-10-4-3-5-11-22)18-27-24(21)23(15-19)25-12-6-8-20(16-25)9-7-13-25/h3-5,10-11,14-15,20H,6-9,12-13,16-18H2,1-2H3/q+1. The Labute approximate surface area is 163 Å². The van der Waals surface area contributed by atoms with Gasteiger partial charge in [-0.2, -0.15) is 0 Å². The van der Waals surface area contributed by atoms with E-state index in [4.69, 9.17) is 4.74 Å². The topological polar surface area (TPSA) is 9.23 Å². The van der Waals surface area contributed by atoms with Crippen LogP contribution in [0, 0.1) is 12.8 Å². The van der Waals surface area contributed by atoms with Crippen molar-refractivity contribution in [1.29, 1.82) is 0 Å². The van der Waals surface area contributed by atoms with Crippen molar-refractivity contribution >= 4 is 5.69 Å². The van der Waals surface area contributed by atoms with Gasteiger partial charge in [-0.25, -0.2) is 0 Å². The maximum absolute atomic E-state index is 6.59. The third kappa shape index (κ3) is 2.89. The molecule has 142 valence electrons. The van der Waals surface area contributed by atoms with E-state index in [9.17, 15) is 0 Å². The van der Waals surface area contributed by atoms with Crippen molar-refractivity contribution in [2.75, 3.05) is 13.8 Å². The van der Waals surface area contributed by atoms with Crippen LogP contribution in [0.2, 0.25) is 0 Å². The van der Waals surface area contributed by atoms with E-state index in [-0.39, 0.29) is 0 Å². The van der Waals surface area contributed by atoms with Gasteiger partial charge in [-0.3, -0.25) is 4.48 Å². The van der Waals surface area contributed by atoms with Gasteiger partial charge in [-0.15, -0.1) is 0 Å². The molecule has 1 heterocycles. The summed E-state index contributed by atoms with van der Waals surface area (Å²) < 4.78 is 7.42. The highest BCUT2D eigenvalue weighted by molar-refractivity contribution is 5.53. The lowest BCUT2D eigenvalue weighted by Gasteiger charge is -2.47. The van der Waals surface area contributed by atoms with Crippen LogP contribution in [0.4, 0.5) is 5.69 Å². The van der Waals surface area contributed by atoms with Gasteiger partial charge in [0, 0.05) is 11.1 Å². The van der Waals surface area contributed by atoms with Crippen molar-refractivity contribution in [1.82, 2.24) is 4.48 Å². The van der Waals surface area contributed by atoms with Crippen LogP contribution in [0.25, 0.3) is 0 Å². The number of benzene rings is 2. The summed E-state index contributed by atoms with van der Waals surface area (Å²) in [4.78, 5) is 0. The Morgan fingerprint density at radius 2 is 1.78 bits per heavy atom. The molecule has 2 aromatic rings. The summed E-state index contributed by atoms with van der Waals surface area (Å²) in [5, 5.41) is 0. The van der Waals surface area contributed by atoms with Crippen molar-refractivity contribution in [2.45, 2.75) is 63.8 Å². The Bertz CT molecular complexity index is 833. The zero-order valence-corrected chi connectivity index (χ0v) is 16.8. The van der Waals surface area contributed by atoms with Crippen LogP contribution in [0.15, 0.2) is 42.5 Å². The number of quaternary nitrogens is 1. The molecule has 2 heteroatoms. The minimum atomic E-state index is 0.380. The molecular formula is C25H32NO+. The van der Waals surface area contributed by atoms with E-state index in [1.54, 1.807) is 5.56 Å².